The Bertz CT molecular complexity index is 743. The predicted octanol–water partition coefficient (Wildman–Crippen LogP) is 4.39. The van der Waals surface area contributed by atoms with Gasteiger partial charge in [-0.3, -0.25) is 0 Å². The average Bonchev–Trinajstić information content (AvgIpc) is 2.96. The van der Waals surface area contributed by atoms with Crippen molar-refractivity contribution in [3.63, 3.8) is 0 Å². The lowest BCUT2D eigenvalue weighted by molar-refractivity contribution is 0.462. The molecule has 21 heavy (non-hydrogen) atoms. The van der Waals surface area contributed by atoms with Crippen LogP contribution in [0.3, 0.4) is 0 Å². The van der Waals surface area contributed by atoms with Gasteiger partial charge in [-0.2, -0.15) is 0 Å². The van der Waals surface area contributed by atoms with E-state index in [4.69, 9.17) is 16.0 Å². The summed E-state index contributed by atoms with van der Waals surface area (Å²) in [4.78, 5) is 0. The second kappa shape index (κ2) is 6.20. The van der Waals surface area contributed by atoms with Gasteiger partial charge in [-0.05, 0) is 35.9 Å². The molecule has 3 aromatic rings. The van der Waals surface area contributed by atoms with E-state index < -0.39 is 0 Å². The summed E-state index contributed by atoms with van der Waals surface area (Å²) in [5, 5.41) is 18.6. The maximum absolute atomic E-state index is 9.45. The Morgan fingerprint density at radius 3 is 2.67 bits per heavy atom. The fraction of sp³-hybridized carbons (Fsp3) is 0.0667. The Kier molecular flexibility index (Phi) is 4.13. The molecule has 0 radical (unpaired) electrons. The lowest BCUT2D eigenvalue weighted by atomic mass is 10.2. The third-order valence-electron chi connectivity index (χ3n) is 2.78. The molecule has 1 aromatic heterocycles. The zero-order valence-electron chi connectivity index (χ0n) is 10.9. The lowest BCUT2D eigenvalue weighted by Gasteiger charge is -1.98. The maximum Gasteiger partial charge on any atom is 0.277 e. The number of benzene rings is 2. The zero-order chi connectivity index (χ0) is 14.7. The first kappa shape index (κ1) is 14.0. The Hall–Kier alpha value is -1.98. The minimum atomic E-state index is 0.168. The Morgan fingerprint density at radius 1 is 1.10 bits per heavy atom. The SMILES string of the molecule is Oc1cccc(-c2nnc(SCc3ccc(Cl)cc3)o2)c1. The summed E-state index contributed by atoms with van der Waals surface area (Å²) in [6.45, 7) is 0. The van der Waals surface area contributed by atoms with E-state index in [2.05, 4.69) is 10.2 Å². The van der Waals surface area contributed by atoms with E-state index in [-0.39, 0.29) is 5.75 Å². The largest absolute Gasteiger partial charge is 0.508 e. The molecule has 6 heteroatoms. The first-order valence-electron chi connectivity index (χ1n) is 6.21. The third kappa shape index (κ3) is 3.56. The number of hydrogen-bond acceptors (Lipinski definition) is 5. The van der Waals surface area contributed by atoms with Crippen LogP contribution in [-0.4, -0.2) is 15.3 Å². The fourth-order valence-electron chi connectivity index (χ4n) is 1.75. The second-order valence-electron chi connectivity index (χ2n) is 4.34. The van der Waals surface area contributed by atoms with Crippen molar-refractivity contribution >= 4 is 23.4 Å². The van der Waals surface area contributed by atoms with Crippen LogP contribution in [0.5, 0.6) is 5.75 Å². The van der Waals surface area contributed by atoms with Crippen LogP contribution in [-0.2, 0) is 5.75 Å². The Balaban J connectivity index is 1.69. The molecule has 4 nitrogen and oxygen atoms in total. The van der Waals surface area contributed by atoms with E-state index in [1.54, 1.807) is 24.3 Å². The van der Waals surface area contributed by atoms with E-state index in [9.17, 15) is 5.11 Å². The molecule has 106 valence electrons. The normalized spacial score (nSPS) is 10.7. The highest BCUT2D eigenvalue weighted by molar-refractivity contribution is 7.98. The fourth-order valence-corrected chi connectivity index (χ4v) is 2.59. The van der Waals surface area contributed by atoms with Gasteiger partial charge in [-0.25, -0.2) is 0 Å². The van der Waals surface area contributed by atoms with Crippen LogP contribution >= 0.6 is 23.4 Å². The minimum Gasteiger partial charge on any atom is -0.508 e. The summed E-state index contributed by atoms with van der Waals surface area (Å²) in [6, 6.07) is 14.3. The van der Waals surface area contributed by atoms with Crippen LogP contribution in [0.25, 0.3) is 11.5 Å². The van der Waals surface area contributed by atoms with Crippen molar-refractivity contribution < 1.29 is 9.52 Å². The number of phenols is 1. The van der Waals surface area contributed by atoms with Crippen LogP contribution in [0.4, 0.5) is 0 Å². The van der Waals surface area contributed by atoms with E-state index in [1.807, 2.05) is 24.3 Å². The summed E-state index contributed by atoms with van der Waals surface area (Å²) < 4.78 is 5.57. The molecule has 0 unspecified atom stereocenters. The highest BCUT2D eigenvalue weighted by Crippen LogP contribution is 2.27. The van der Waals surface area contributed by atoms with Crippen LogP contribution < -0.4 is 0 Å². The smallest absolute Gasteiger partial charge is 0.277 e. The van der Waals surface area contributed by atoms with Gasteiger partial charge in [0.25, 0.3) is 5.22 Å². The molecule has 0 bridgehead atoms. The molecule has 0 aliphatic heterocycles. The molecule has 1 N–H and O–H groups in total. The van der Waals surface area contributed by atoms with Crippen LogP contribution in [0.15, 0.2) is 58.2 Å². The van der Waals surface area contributed by atoms with Crippen molar-refractivity contribution in [3.05, 3.63) is 59.1 Å². The highest BCUT2D eigenvalue weighted by atomic mass is 35.5. The number of rotatable bonds is 4. The Labute approximate surface area is 130 Å². The number of aromatic hydroxyl groups is 1. The predicted molar refractivity (Wildman–Crippen MR) is 82.4 cm³/mol. The van der Waals surface area contributed by atoms with Crippen molar-refractivity contribution in [2.45, 2.75) is 11.0 Å². The van der Waals surface area contributed by atoms with Crippen molar-refractivity contribution in [2.24, 2.45) is 0 Å². The van der Waals surface area contributed by atoms with Gasteiger partial charge in [0.2, 0.25) is 5.89 Å². The van der Waals surface area contributed by atoms with E-state index in [1.165, 1.54) is 11.8 Å². The summed E-state index contributed by atoms with van der Waals surface area (Å²) in [6.07, 6.45) is 0. The molecule has 0 saturated carbocycles. The van der Waals surface area contributed by atoms with Crippen molar-refractivity contribution in [1.29, 1.82) is 0 Å². The molecule has 0 aliphatic carbocycles. The molecule has 3 rings (SSSR count). The van der Waals surface area contributed by atoms with E-state index in [0.29, 0.717) is 21.7 Å². The van der Waals surface area contributed by atoms with Gasteiger partial charge in [-0.15, -0.1) is 10.2 Å². The monoisotopic (exact) mass is 318 g/mol. The first-order chi connectivity index (χ1) is 10.2. The molecular weight excluding hydrogens is 308 g/mol. The Morgan fingerprint density at radius 2 is 1.90 bits per heavy atom. The highest BCUT2D eigenvalue weighted by Gasteiger charge is 2.09. The molecule has 0 spiro atoms. The van der Waals surface area contributed by atoms with Gasteiger partial charge in [0.05, 0.1) is 0 Å². The molecule has 2 aromatic carbocycles. The van der Waals surface area contributed by atoms with Gasteiger partial charge in [0.1, 0.15) is 5.75 Å². The number of halogens is 1. The number of nitrogens with zero attached hydrogens (tertiary/aromatic N) is 2. The second-order valence-corrected chi connectivity index (χ2v) is 5.70. The van der Waals surface area contributed by atoms with Crippen LogP contribution in [0.1, 0.15) is 5.56 Å². The van der Waals surface area contributed by atoms with Crippen LogP contribution in [0.2, 0.25) is 5.02 Å². The van der Waals surface area contributed by atoms with Gasteiger partial charge < -0.3 is 9.52 Å². The van der Waals surface area contributed by atoms with Gasteiger partial charge >= 0.3 is 0 Å². The topological polar surface area (TPSA) is 59.2 Å². The van der Waals surface area contributed by atoms with Gasteiger partial charge in [0.15, 0.2) is 0 Å². The third-order valence-corrected chi connectivity index (χ3v) is 3.92. The number of thioether (sulfide) groups is 1. The average molecular weight is 319 g/mol. The first-order valence-corrected chi connectivity index (χ1v) is 7.57. The molecule has 1 heterocycles. The molecule has 0 aliphatic rings. The van der Waals surface area contributed by atoms with Gasteiger partial charge in [-0.1, -0.05) is 41.6 Å². The van der Waals surface area contributed by atoms with Crippen molar-refractivity contribution in [2.75, 3.05) is 0 Å². The maximum atomic E-state index is 9.45. The van der Waals surface area contributed by atoms with Crippen molar-refractivity contribution in [1.82, 2.24) is 10.2 Å². The summed E-state index contributed by atoms with van der Waals surface area (Å²) >= 11 is 7.30. The summed E-state index contributed by atoms with van der Waals surface area (Å²) in [5.74, 6) is 1.28. The molecule has 0 saturated heterocycles. The molecule has 0 atom stereocenters. The summed E-state index contributed by atoms with van der Waals surface area (Å²) in [7, 11) is 0. The zero-order valence-corrected chi connectivity index (χ0v) is 12.4. The lowest BCUT2D eigenvalue weighted by Crippen LogP contribution is -1.79. The van der Waals surface area contributed by atoms with E-state index in [0.717, 1.165) is 11.3 Å². The molecular formula is C15H11ClN2O2S. The standard InChI is InChI=1S/C15H11ClN2O2S/c16-12-6-4-10(5-7-12)9-21-15-18-17-14(20-15)11-2-1-3-13(19)8-11/h1-8,19H,9H2. The van der Waals surface area contributed by atoms with Crippen LogP contribution in [0, 0.1) is 0 Å². The molecule has 0 fully saturated rings. The van der Waals surface area contributed by atoms with Crippen molar-refractivity contribution in [3.8, 4) is 17.2 Å². The van der Waals surface area contributed by atoms with E-state index >= 15 is 0 Å². The minimum absolute atomic E-state index is 0.168. The quantitative estimate of drug-likeness (QED) is 0.723. The number of hydrogen-bond donors (Lipinski definition) is 1. The molecule has 0 amide bonds. The number of phenolic OH excluding ortho intramolecular Hbond substituents is 1. The van der Waals surface area contributed by atoms with Gasteiger partial charge in [0, 0.05) is 16.3 Å². The summed E-state index contributed by atoms with van der Waals surface area (Å²) in [5.41, 5.74) is 1.82. The number of aromatic nitrogens is 2.